The second-order valence-electron chi connectivity index (χ2n) is 5.68. The molecule has 1 aromatic heterocycles. The van der Waals surface area contributed by atoms with Crippen molar-refractivity contribution in [2.75, 3.05) is 29.9 Å². The van der Waals surface area contributed by atoms with Crippen LogP contribution in [0.4, 0.5) is 11.4 Å². The van der Waals surface area contributed by atoms with Crippen molar-refractivity contribution in [1.82, 2.24) is 5.32 Å². The first kappa shape index (κ1) is 16.6. The lowest BCUT2D eigenvalue weighted by Gasteiger charge is -2.28. The van der Waals surface area contributed by atoms with Gasteiger partial charge < -0.3 is 20.0 Å². The summed E-state index contributed by atoms with van der Waals surface area (Å²) in [4.78, 5) is 25.9. The van der Waals surface area contributed by atoms with E-state index in [2.05, 4.69) is 26.6 Å². The lowest BCUT2D eigenvalue weighted by molar-refractivity contribution is -0.120. The van der Waals surface area contributed by atoms with Gasteiger partial charge in [-0.3, -0.25) is 9.59 Å². The Morgan fingerprint density at radius 1 is 1.25 bits per heavy atom. The zero-order chi connectivity index (χ0) is 17.3. The smallest absolute Gasteiger partial charge is 0.260 e. The number of aryl methyl sites for hydroxylation is 2. The molecule has 0 spiro atoms. The molecule has 1 saturated heterocycles. The third kappa shape index (κ3) is 3.31. The minimum absolute atomic E-state index is 0.0225. The maximum atomic E-state index is 12.4. The molecule has 1 aliphatic rings. The maximum Gasteiger partial charge on any atom is 0.260 e. The second-order valence-corrected chi connectivity index (χ2v) is 6.47. The lowest BCUT2D eigenvalue weighted by Crippen LogP contribution is -2.47. The van der Waals surface area contributed by atoms with E-state index in [-0.39, 0.29) is 11.8 Å². The molecule has 2 amide bonds. The largest absolute Gasteiger partial charge is 0.465 e. The van der Waals surface area contributed by atoms with Crippen molar-refractivity contribution in [2.45, 2.75) is 13.8 Å². The molecule has 2 N–H and O–H groups in total. The second kappa shape index (κ2) is 6.68. The number of hydrogen-bond acceptors (Lipinski definition) is 4. The van der Waals surface area contributed by atoms with E-state index >= 15 is 0 Å². The quantitative estimate of drug-likeness (QED) is 0.843. The average molecular weight is 392 g/mol. The SMILES string of the molecule is Cc1oc(C)c(C(=O)Nc2ccc(N3CCNC(=O)C3)cc2)c1Br. The van der Waals surface area contributed by atoms with Crippen LogP contribution in [0, 0.1) is 13.8 Å². The predicted molar refractivity (Wildman–Crippen MR) is 95.5 cm³/mol. The van der Waals surface area contributed by atoms with Gasteiger partial charge in [-0.05, 0) is 54.0 Å². The van der Waals surface area contributed by atoms with Crippen LogP contribution in [0.25, 0.3) is 0 Å². The van der Waals surface area contributed by atoms with E-state index in [0.29, 0.717) is 40.3 Å². The number of furan rings is 1. The molecule has 0 bridgehead atoms. The number of halogens is 1. The summed E-state index contributed by atoms with van der Waals surface area (Å²) in [5, 5.41) is 5.66. The van der Waals surface area contributed by atoms with Gasteiger partial charge in [0.2, 0.25) is 5.91 Å². The molecule has 1 fully saturated rings. The third-order valence-electron chi connectivity index (χ3n) is 3.94. The number of nitrogens with one attached hydrogen (secondary N) is 2. The highest BCUT2D eigenvalue weighted by atomic mass is 79.9. The summed E-state index contributed by atoms with van der Waals surface area (Å²) in [5.41, 5.74) is 2.15. The monoisotopic (exact) mass is 391 g/mol. The first-order valence-corrected chi connectivity index (χ1v) is 8.43. The first-order valence-electron chi connectivity index (χ1n) is 7.64. The van der Waals surface area contributed by atoms with Gasteiger partial charge in [0.1, 0.15) is 11.5 Å². The molecular formula is C17H18BrN3O3. The number of benzene rings is 1. The number of piperazine rings is 1. The van der Waals surface area contributed by atoms with E-state index in [4.69, 9.17) is 4.42 Å². The molecule has 0 aliphatic carbocycles. The minimum atomic E-state index is -0.221. The number of carbonyl (C=O) groups excluding carboxylic acids is 2. The fourth-order valence-electron chi connectivity index (χ4n) is 2.72. The Morgan fingerprint density at radius 2 is 1.96 bits per heavy atom. The van der Waals surface area contributed by atoms with Crippen molar-refractivity contribution in [1.29, 1.82) is 0 Å². The number of amides is 2. The van der Waals surface area contributed by atoms with Crippen LogP contribution in [0.2, 0.25) is 0 Å². The summed E-state index contributed by atoms with van der Waals surface area (Å²) in [5.74, 6) is 1.06. The standard InChI is InChI=1S/C17H18BrN3O3/c1-10-15(16(18)11(2)24-10)17(23)20-12-3-5-13(6-4-12)21-8-7-19-14(22)9-21/h3-6H,7-9H2,1-2H3,(H,19,22)(H,20,23). The van der Waals surface area contributed by atoms with Gasteiger partial charge in [-0.25, -0.2) is 0 Å². The Kier molecular flexibility index (Phi) is 4.62. The average Bonchev–Trinajstić information content (AvgIpc) is 2.80. The topological polar surface area (TPSA) is 74.6 Å². The molecule has 0 saturated carbocycles. The van der Waals surface area contributed by atoms with Crippen molar-refractivity contribution >= 4 is 39.1 Å². The normalized spacial score (nSPS) is 14.5. The van der Waals surface area contributed by atoms with E-state index in [9.17, 15) is 9.59 Å². The van der Waals surface area contributed by atoms with Gasteiger partial charge in [-0.1, -0.05) is 0 Å². The summed E-state index contributed by atoms with van der Waals surface area (Å²) in [6.45, 7) is 5.34. The highest BCUT2D eigenvalue weighted by Gasteiger charge is 2.20. The molecule has 0 radical (unpaired) electrons. The molecule has 0 atom stereocenters. The van der Waals surface area contributed by atoms with Gasteiger partial charge in [-0.2, -0.15) is 0 Å². The summed E-state index contributed by atoms with van der Waals surface area (Å²) in [7, 11) is 0. The molecule has 3 rings (SSSR count). The Morgan fingerprint density at radius 3 is 2.54 bits per heavy atom. The number of carbonyl (C=O) groups is 2. The van der Waals surface area contributed by atoms with Gasteiger partial charge in [-0.15, -0.1) is 0 Å². The summed E-state index contributed by atoms with van der Waals surface area (Å²) in [6, 6.07) is 7.46. The van der Waals surface area contributed by atoms with Crippen LogP contribution in [0.1, 0.15) is 21.9 Å². The van der Waals surface area contributed by atoms with Crippen LogP contribution >= 0.6 is 15.9 Å². The van der Waals surface area contributed by atoms with Crippen molar-refractivity contribution < 1.29 is 14.0 Å². The van der Waals surface area contributed by atoms with Crippen LogP contribution in [-0.4, -0.2) is 31.4 Å². The number of hydrogen-bond donors (Lipinski definition) is 2. The van der Waals surface area contributed by atoms with Crippen LogP contribution < -0.4 is 15.5 Å². The van der Waals surface area contributed by atoms with Crippen LogP contribution in [0.5, 0.6) is 0 Å². The fraction of sp³-hybridized carbons (Fsp3) is 0.294. The van der Waals surface area contributed by atoms with Gasteiger partial charge in [0, 0.05) is 24.5 Å². The molecule has 6 nitrogen and oxygen atoms in total. The van der Waals surface area contributed by atoms with Crippen LogP contribution in [0.3, 0.4) is 0 Å². The Hall–Kier alpha value is -2.28. The molecule has 7 heteroatoms. The van der Waals surface area contributed by atoms with Gasteiger partial charge in [0.15, 0.2) is 0 Å². The summed E-state index contributed by atoms with van der Waals surface area (Å²) in [6.07, 6.45) is 0. The van der Waals surface area contributed by atoms with E-state index in [1.54, 1.807) is 13.8 Å². The zero-order valence-electron chi connectivity index (χ0n) is 13.5. The highest BCUT2D eigenvalue weighted by molar-refractivity contribution is 9.10. The molecule has 1 aliphatic heterocycles. The minimum Gasteiger partial charge on any atom is -0.465 e. The number of nitrogens with zero attached hydrogens (tertiary/aromatic N) is 1. The predicted octanol–water partition coefficient (Wildman–Crippen LogP) is 2.85. The van der Waals surface area contributed by atoms with Crippen molar-refractivity contribution in [3.8, 4) is 0 Å². The van der Waals surface area contributed by atoms with Gasteiger partial charge >= 0.3 is 0 Å². The molecule has 0 unspecified atom stereocenters. The molecule has 126 valence electrons. The van der Waals surface area contributed by atoms with Crippen molar-refractivity contribution in [2.24, 2.45) is 0 Å². The number of anilines is 2. The Labute approximate surface area is 148 Å². The van der Waals surface area contributed by atoms with Crippen molar-refractivity contribution in [3.05, 3.63) is 45.8 Å². The first-order chi connectivity index (χ1) is 11.5. The highest BCUT2D eigenvalue weighted by Crippen LogP contribution is 2.28. The molecule has 2 heterocycles. The fourth-order valence-corrected chi connectivity index (χ4v) is 3.26. The van der Waals surface area contributed by atoms with E-state index < -0.39 is 0 Å². The van der Waals surface area contributed by atoms with Crippen molar-refractivity contribution in [3.63, 3.8) is 0 Å². The van der Waals surface area contributed by atoms with E-state index in [1.807, 2.05) is 29.2 Å². The molecule has 1 aromatic carbocycles. The molecular weight excluding hydrogens is 374 g/mol. The summed E-state index contributed by atoms with van der Waals surface area (Å²) >= 11 is 3.39. The summed E-state index contributed by atoms with van der Waals surface area (Å²) < 4.78 is 6.13. The Balaban J connectivity index is 1.72. The number of rotatable bonds is 3. The molecule has 2 aromatic rings. The van der Waals surface area contributed by atoms with Gasteiger partial charge in [0.25, 0.3) is 5.91 Å². The third-order valence-corrected chi connectivity index (χ3v) is 4.90. The van der Waals surface area contributed by atoms with Crippen LogP contribution in [0.15, 0.2) is 33.2 Å². The van der Waals surface area contributed by atoms with Gasteiger partial charge in [0.05, 0.1) is 16.6 Å². The molecule has 24 heavy (non-hydrogen) atoms. The van der Waals surface area contributed by atoms with E-state index in [0.717, 1.165) is 12.2 Å². The van der Waals surface area contributed by atoms with Crippen LogP contribution in [-0.2, 0) is 4.79 Å². The zero-order valence-corrected chi connectivity index (χ0v) is 15.1. The van der Waals surface area contributed by atoms with E-state index in [1.165, 1.54) is 0 Å². The lowest BCUT2D eigenvalue weighted by atomic mass is 10.2. The maximum absolute atomic E-state index is 12.4. The Bertz CT molecular complexity index is 783.